The van der Waals surface area contributed by atoms with Crippen LogP contribution in [0.15, 0.2) is 48.5 Å². The van der Waals surface area contributed by atoms with E-state index >= 15 is 0 Å². The number of carbonyl (C=O) groups is 1. The summed E-state index contributed by atoms with van der Waals surface area (Å²) < 4.78 is 1.18. The molecule has 5 heteroatoms. The quantitative estimate of drug-likeness (QED) is 0.650. The monoisotopic (exact) mass is 367 g/mol. The molecule has 1 amide bonds. The number of hydrogen-bond donors (Lipinski definition) is 1. The number of para-hydroxylation sites is 1. The number of rotatable bonds is 8. The van der Waals surface area contributed by atoms with Gasteiger partial charge in [0.05, 0.1) is 15.2 Å². The number of amides is 1. The van der Waals surface area contributed by atoms with Gasteiger partial charge in [0, 0.05) is 38.2 Å². The molecular formula is C21H25N3OS. The van der Waals surface area contributed by atoms with Gasteiger partial charge in [0.2, 0.25) is 5.91 Å². The molecule has 0 aliphatic heterocycles. The van der Waals surface area contributed by atoms with E-state index in [9.17, 15) is 4.79 Å². The van der Waals surface area contributed by atoms with E-state index in [4.69, 9.17) is 0 Å². The lowest BCUT2D eigenvalue weighted by Crippen LogP contribution is -2.35. The zero-order valence-corrected chi connectivity index (χ0v) is 16.2. The zero-order valence-electron chi connectivity index (χ0n) is 15.4. The Hall–Kier alpha value is -2.40. The van der Waals surface area contributed by atoms with Gasteiger partial charge in [-0.3, -0.25) is 4.79 Å². The standard InChI is InChI=1S/C21H25N3OS/c1-3-24(17-8-6-7-16(2)15-17)14-13-22-20(25)11-12-21-23-18-9-4-5-10-19(18)26-21/h4-10,15H,3,11-14H2,1-2H3,(H,22,25). The Labute approximate surface area is 158 Å². The van der Waals surface area contributed by atoms with E-state index in [0.717, 1.165) is 23.6 Å². The van der Waals surface area contributed by atoms with E-state index in [1.165, 1.54) is 16.0 Å². The van der Waals surface area contributed by atoms with Gasteiger partial charge in [0.25, 0.3) is 0 Å². The Morgan fingerprint density at radius 1 is 1.19 bits per heavy atom. The number of fused-ring (bicyclic) bond motifs is 1. The average molecular weight is 368 g/mol. The lowest BCUT2D eigenvalue weighted by atomic mass is 10.2. The lowest BCUT2D eigenvalue weighted by molar-refractivity contribution is -0.120. The predicted molar refractivity (Wildman–Crippen MR) is 110 cm³/mol. The van der Waals surface area contributed by atoms with E-state index < -0.39 is 0 Å². The van der Waals surface area contributed by atoms with Gasteiger partial charge in [-0.1, -0.05) is 24.3 Å². The minimum absolute atomic E-state index is 0.0875. The molecule has 4 nitrogen and oxygen atoms in total. The molecule has 0 spiro atoms. The number of nitrogens with zero attached hydrogens (tertiary/aromatic N) is 2. The second-order valence-corrected chi connectivity index (χ2v) is 7.46. The van der Waals surface area contributed by atoms with Crippen molar-refractivity contribution in [3.05, 3.63) is 59.1 Å². The summed E-state index contributed by atoms with van der Waals surface area (Å²) in [4.78, 5) is 19.0. The van der Waals surface area contributed by atoms with Crippen molar-refractivity contribution in [1.29, 1.82) is 0 Å². The molecular weight excluding hydrogens is 342 g/mol. The molecule has 2 aromatic carbocycles. The highest BCUT2D eigenvalue weighted by molar-refractivity contribution is 7.18. The molecule has 0 saturated carbocycles. The minimum Gasteiger partial charge on any atom is -0.370 e. The predicted octanol–water partition coefficient (Wildman–Crippen LogP) is 4.18. The van der Waals surface area contributed by atoms with Crippen molar-refractivity contribution in [3.63, 3.8) is 0 Å². The van der Waals surface area contributed by atoms with Gasteiger partial charge in [-0.2, -0.15) is 0 Å². The van der Waals surface area contributed by atoms with Gasteiger partial charge in [-0.15, -0.1) is 11.3 Å². The number of nitrogens with one attached hydrogen (secondary N) is 1. The zero-order chi connectivity index (χ0) is 18.4. The Kier molecular flexibility index (Phi) is 6.23. The van der Waals surface area contributed by atoms with Crippen LogP contribution in [0, 0.1) is 6.92 Å². The molecule has 0 radical (unpaired) electrons. The molecule has 0 atom stereocenters. The molecule has 3 rings (SSSR count). The van der Waals surface area contributed by atoms with Crippen molar-refractivity contribution in [1.82, 2.24) is 10.3 Å². The van der Waals surface area contributed by atoms with E-state index in [1.54, 1.807) is 11.3 Å². The number of hydrogen-bond acceptors (Lipinski definition) is 4. The summed E-state index contributed by atoms with van der Waals surface area (Å²) in [6.07, 6.45) is 1.18. The molecule has 26 heavy (non-hydrogen) atoms. The van der Waals surface area contributed by atoms with Crippen molar-refractivity contribution in [2.24, 2.45) is 0 Å². The molecule has 136 valence electrons. The number of thiazole rings is 1. The van der Waals surface area contributed by atoms with Gasteiger partial charge < -0.3 is 10.2 Å². The van der Waals surface area contributed by atoms with E-state index in [0.29, 0.717) is 19.4 Å². The molecule has 0 unspecified atom stereocenters. The third-order valence-corrected chi connectivity index (χ3v) is 5.45. The van der Waals surface area contributed by atoms with Crippen LogP contribution in [0.5, 0.6) is 0 Å². The molecule has 0 fully saturated rings. The molecule has 0 bridgehead atoms. The SMILES string of the molecule is CCN(CCNC(=O)CCc1nc2ccccc2s1)c1cccc(C)c1. The summed E-state index contributed by atoms with van der Waals surface area (Å²) in [6.45, 7) is 6.62. The maximum Gasteiger partial charge on any atom is 0.220 e. The summed E-state index contributed by atoms with van der Waals surface area (Å²) >= 11 is 1.67. The van der Waals surface area contributed by atoms with Crippen LogP contribution in [0.4, 0.5) is 5.69 Å². The van der Waals surface area contributed by atoms with Gasteiger partial charge in [-0.25, -0.2) is 4.98 Å². The molecule has 3 aromatic rings. The van der Waals surface area contributed by atoms with Crippen LogP contribution in [0.25, 0.3) is 10.2 Å². The van der Waals surface area contributed by atoms with Crippen molar-refractivity contribution in [2.75, 3.05) is 24.5 Å². The van der Waals surface area contributed by atoms with Crippen molar-refractivity contribution in [3.8, 4) is 0 Å². The highest BCUT2D eigenvalue weighted by atomic mass is 32.1. The van der Waals surface area contributed by atoms with Crippen LogP contribution in [0.1, 0.15) is 23.9 Å². The van der Waals surface area contributed by atoms with Gasteiger partial charge >= 0.3 is 0 Å². The molecule has 1 aromatic heterocycles. The second-order valence-electron chi connectivity index (χ2n) is 6.34. The Balaban J connectivity index is 1.44. The first-order valence-corrected chi connectivity index (χ1v) is 9.90. The van der Waals surface area contributed by atoms with Crippen molar-refractivity contribution < 1.29 is 4.79 Å². The summed E-state index contributed by atoms with van der Waals surface area (Å²) in [5.74, 6) is 0.0875. The van der Waals surface area contributed by atoms with Crippen LogP contribution in [-0.2, 0) is 11.2 Å². The first kappa shape index (κ1) is 18.4. The average Bonchev–Trinajstić information content (AvgIpc) is 3.06. The Bertz CT molecular complexity index is 841. The summed E-state index contributed by atoms with van der Waals surface area (Å²) in [7, 11) is 0. The van der Waals surface area contributed by atoms with E-state index in [2.05, 4.69) is 59.4 Å². The van der Waals surface area contributed by atoms with Gasteiger partial charge in [0.1, 0.15) is 0 Å². The second kappa shape index (κ2) is 8.81. The number of carbonyl (C=O) groups excluding carboxylic acids is 1. The smallest absolute Gasteiger partial charge is 0.220 e. The molecule has 0 saturated heterocycles. The fourth-order valence-electron chi connectivity index (χ4n) is 2.96. The summed E-state index contributed by atoms with van der Waals surface area (Å²) in [5.41, 5.74) is 3.47. The fourth-order valence-corrected chi connectivity index (χ4v) is 3.93. The van der Waals surface area contributed by atoms with Crippen LogP contribution in [-0.4, -0.2) is 30.5 Å². The molecule has 0 aliphatic carbocycles. The maximum atomic E-state index is 12.1. The highest BCUT2D eigenvalue weighted by Crippen LogP contribution is 2.22. The topological polar surface area (TPSA) is 45.2 Å². The van der Waals surface area contributed by atoms with Crippen LogP contribution in [0.3, 0.4) is 0 Å². The lowest BCUT2D eigenvalue weighted by Gasteiger charge is -2.23. The third-order valence-electron chi connectivity index (χ3n) is 4.36. The molecule has 1 N–H and O–H groups in total. The van der Waals surface area contributed by atoms with Gasteiger partial charge in [-0.05, 0) is 43.7 Å². The minimum atomic E-state index is 0.0875. The number of anilines is 1. The van der Waals surface area contributed by atoms with Crippen molar-refractivity contribution in [2.45, 2.75) is 26.7 Å². The molecule has 1 heterocycles. The largest absolute Gasteiger partial charge is 0.370 e. The van der Waals surface area contributed by atoms with Crippen LogP contribution >= 0.6 is 11.3 Å². The summed E-state index contributed by atoms with van der Waals surface area (Å²) in [5, 5.41) is 4.06. The number of aromatic nitrogens is 1. The first-order chi connectivity index (χ1) is 12.7. The number of benzene rings is 2. The highest BCUT2D eigenvalue weighted by Gasteiger charge is 2.08. The Morgan fingerprint density at radius 2 is 2.04 bits per heavy atom. The fraction of sp³-hybridized carbons (Fsp3) is 0.333. The van der Waals surface area contributed by atoms with E-state index in [-0.39, 0.29) is 5.91 Å². The van der Waals surface area contributed by atoms with E-state index in [1.807, 2.05) is 18.2 Å². The van der Waals surface area contributed by atoms with Crippen molar-refractivity contribution >= 4 is 33.1 Å². The molecule has 0 aliphatic rings. The van der Waals surface area contributed by atoms with Crippen LogP contribution in [0.2, 0.25) is 0 Å². The maximum absolute atomic E-state index is 12.1. The normalized spacial score (nSPS) is 10.8. The Morgan fingerprint density at radius 3 is 2.81 bits per heavy atom. The third kappa shape index (κ3) is 4.82. The number of aryl methyl sites for hydroxylation is 2. The summed E-state index contributed by atoms with van der Waals surface area (Å²) in [6, 6.07) is 16.6. The van der Waals surface area contributed by atoms with Gasteiger partial charge in [0.15, 0.2) is 0 Å². The first-order valence-electron chi connectivity index (χ1n) is 9.08. The van der Waals surface area contributed by atoms with Crippen LogP contribution < -0.4 is 10.2 Å². The number of likely N-dealkylation sites (N-methyl/N-ethyl adjacent to an activating group) is 1.